The number of carbonyl (C=O) groups is 1. The van der Waals surface area contributed by atoms with Gasteiger partial charge in [-0.2, -0.15) is 4.31 Å². The maximum absolute atomic E-state index is 12.5. The van der Waals surface area contributed by atoms with Crippen molar-refractivity contribution in [1.29, 1.82) is 0 Å². The van der Waals surface area contributed by atoms with E-state index in [1.165, 1.54) is 0 Å². The van der Waals surface area contributed by atoms with Crippen LogP contribution in [0.15, 0.2) is 66.7 Å². The normalized spacial score (nSPS) is 15.9. The molecule has 1 aliphatic heterocycles. The van der Waals surface area contributed by atoms with Gasteiger partial charge in [0.1, 0.15) is 5.69 Å². The lowest BCUT2D eigenvalue weighted by Crippen LogP contribution is -2.49. The lowest BCUT2D eigenvalue weighted by Gasteiger charge is -2.30. The third kappa shape index (κ3) is 3.74. The van der Waals surface area contributed by atoms with Gasteiger partial charge in [0, 0.05) is 10.6 Å². The monoisotopic (exact) mass is 410 g/mol. The van der Waals surface area contributed by atoms with Gasteiger partial charge < -0.3 is 4.55 Å². The number of anilines is 1. The Morgan fingerprint density at radius 3 is 2.57 bits per heavy atom. The number of carbonyl (C=O) groups excluding carboxylic acids is 1. The summed E-state index contributed by atoms with van der Waals surface area (Å²) in [6, 6.07) is 21.4. The van der Waals surface area contributed by atoms with Crippen LogP contribution in [-0.4, -0.2) is 17.0 Å². The van der Waals surface area contributed by atoms with Crippen LogP contribution in [0.25, 0.3) is 11.1 Å². The Morgan fingerprint density at radius 1 is 1.04 bits per heavy atom. The predicted octanol–water partition coefficient (Wildman–Crippen LogP) is 4.69. The lowest BCUT2D eigenvalue weighted by atomic mass is 10.00. The van der Waals surface area contributed by atoms with Crippen LogP contribution in [-0.2, 0) is 18.0 Å². The van der Waals surface area contributed by atoms with Gasteiger partial charge in [-0.15, -0.1) is 4.72 Å². The first-order chi connectivity index (χ1) is 13.5. The molecule has 0 bridgehead atoms. The summed E-state index contributed by atoms with van der Waals surface area (Å²) in [5.41, 5.74) is 5.12. The molecule has 1 unspecified atom stereocenters. The highest BCUT2D eigenvalue weighted by molar-refractivity contribution is 7.91. The standard InChI is InChI=1S/C22H19ClN2O2S/c1-15-7-9-18(20(23)13-15)17-8-10-21-19(14-17)22(26)24-28(27)25(21)12-11-16-5-3-2-4-6-16/h2-10,13-14H,11-12H2,1H3,(H,24,26). The van der Waals surface area contributed by atoms with Crippen LogP contribution < -0.4 is 9.03 Å². The van der Waals surface area contributed by atoms with E-state index in [4.69, 9.17) is 11.6 Å². The van der Waals surface area contributed by atoms with Gasteiger partial charge in [0.25, 0.3) is 5.91 Å². The molecule has 0 fully saturated rings. The average Bonchev–Trinajstić information content (AvgIpc) is 2.68. The molecular formula is C22H19ClN2O2S. The molecule has 3 aromatic rings. The van der Waals surface area contributed by atoms with Crippen molar-refractivity contribution >= 4 is 34.7 Å². The smallest absolute Gasteiger partial charge is 0.296 e. The van der Waals surface area contributed by atoms with Gasteiger partial charge in [-0.05, 0) is 48.2 Å². The first-order valence-electron chi connectivity index (χ1n) is 8.98. The molecule has 0 spiro atoms. The van der Waals surface area contributed by atoms with Gasteiger partial charge in [-0.1, -0.05) is 60.1 Å². The summed E-state index contributed by atoms with van der Waals surface area (Å²) in [6.07, 6.45) is 0.730. The number of benzene rings is 3. The minimum Gasteiger partial charge on any atom is -0.568 e. The summed E-state index contributed by atoms with van der Waals surface area (Å²) in [6.45, 7) is 2.52. The molecular weight excluding hydrogens is 392 g/mol. The average molecular weight is 411 g/mol. The molecule has 1 heterocycles. The molecule has 0 aliphatic carbocycles. The van der Waals surface area contributed by atoms with Crippen molar-refractivity contribution in [1.82, 2.24) is 4.72 Å². The molecule has 28 heavy (non-hydrogen) atoms. The number of rotatable bonds is 4. The Morgan fingerprint density at radius 2 is 1.82 bits per heavy atom. The van der Waals surface area contributed by atoms with E-state index in [0.29, 0.717) is 22.8 Å². The third-order valence-corrected chi connectivity index (χ3v) is 6.22. The number of nitrogens with zero attached hydrogens (tertiary/aromatic N) is 1. The molecule has 4 nitrogen and oxygen atoms in total. The third-order valence-electron chi connectivity index (χ3n) is 4.77. The molecule has 1 N–H and O–H groups in total. The van der Waals surface area contributed by atoms with Crippen LogP contribution >= 0.6 is 11.6 Å². The van der Waals surface area contributed by atoms with Crippen LogP contribution in [0, 0.1) is 6.92 Å². The van der Waals surface area contributed by atoms with E-state index in [-0.39, 0.29) is 5.91 Å². The molecule has 6 heteroatoms. The van der Waals surface area contributed by atoms with E-state index in [2.05, 4.69) is 4.72 Å². The summed E-state index contributed by atoms with van der Waals surface area (Å²) in [5.74, 6) is -0.339. The van der Waals surface area contributed by atoms with Crippen molar-refractivity contribution < 1.29 is 9.35 Å². The molecule has 1 aliphatic rings. The fourth-order valence-electron chi connectivity index (χ4n) is 3.31. The van der Waals surface area contributed by atoms with Crippen molar-refractivity contribution in [3.63, 3.8) is 0 Å². The summed E-state index contributed by atoms with van der Waals surface area (Å²) in [5, 5.41) is 0.640. The first-order valence-corrected chi connectivity index (χ1v) is 10.5. The molecule has 4 rings (SSSR count). The molecule has 1 atom stereocenters. The SMILES string of the molecule is Cc1ccc(-c2ccc3c(c2)C(=O)N[S+]([O-])N3CCc2ccccc2)c(Cl)c1. The van der Waals surface area contributed by atoms with Crippen LogP contribution in [0.1, 0.15) is 21.5 Å². The predicted molar refractivity (Wildman–Crippen MR) is 115 cm³/mol. The Balaban J connectivity index is 1.66. The van der Waals surface area contributed by atoms with E-state index in [9.17, 15) is 9.35 Å². The number of fused-ring (bicyclic) bond motifs is 1. The lowest BCUT2D eigenvalue weighted by molar-refractivity contribution is 0.0979. The topological polar surface area (TPSA) is 55.4 Å². The Bertz CT molecular complexity index is 1030. The zero-order chi connectivity index (χ0) is 19.7. The van der Waals surface area contributed by atoms with Crippen LogP contribution in [0.5, 0.6) is 0 Å². The van der Waals surface area contributed by atoms with Crippen LogP contribution in [0.3, 0.4) is 0 Å². The van der Waals surface area contributed by atoms with Crippen molar-refractivity contribution in [3.8, 4) is 11.1 Å². The highest BCUT2D eigenvalue weighted by atomic mass is 35.5. The van der Waals surface area contributed by atoms with Gasteiger partial charge in [0.15, 0.2) is 11.5 Å². The van der Waals surface area contributed by atoms with Gasteiger partial charge in [-0.3, -0.25) is 4.79 Å². The largest absolute Gasteiger partial charge is 0.568 e. The molecule has 1 amide bonds. The van der Waals surface area contributed by atoms with Crippen LogP contribution in [0.2, 0.25) is 5.02 Å². The Labute approximate surface area is 172 Å². The number of hydrogen-bond donors (Lipinski definition) is 1. The zero-order valence-corrected chi connectivity index (χ0v) is 16.9. The number of hydrogen-bond acceptors (Lipinski definition) is 3. The van der Waals surface area contributed by atoms with Crippen molar-refractivity contribution in [2.75, 3.05) is 10.8 Å². The van der Waals surface area contributed by atoms with Gasteiger partial charge in [0.2, 0.25) is 0 Å². The fourth-order valence-corrected chi connectivity index (χ4v) is 4.63. The molecule has 0 radical (unpaired) electrons. The van der Waals surface area contributed by atoms with E-state index in [1.54, 1.807) is 4.31 Å². The van der Waals surface area contributed by atoms with E-state index in [1.807, 2.05) is 73.7 Å². The highest BCUT2D eigenvalue weighted by Crippen LogP contribution is 2.34. The quantitative estimate of drug-likeness (QED) is 0.635. The Hall–Kier alpha value is -2.47. The number of halogens is 1. The van der Waals surface area contributed by atoms with Crippen molar-refractivity contribution in [2.24, 2.45) is 0 Å². The minimum atomic E-state index is -1.59. The van der Waals surface area contributed by atoms with Gasteiger partial charge in [-0.25, -0.2) is 0 Å². The van der Waals surface area contributed by atoms with Crippen molar-refractivity contribution in [2.45, 2.75) is 13.3 Å². The van der Waals surface area contributed by atoms with Crippen LogP contribution in [0.4, 0.5) is 5.69 Å². The van der Waals surface area contributed by atoms with E-state index < -0.39 is 11.5 Å². The van der Waals surface area contributed by atoms with Crippen molar-refractivity contribution in [3.05, 3.63) is 88.4 Å². The fraction of sp³-hybridized carbons (Fsp3) is 0.136. The summed E-state index contributed by atoms with van der Waals surface area (Å²) >= 11 is 4.80. The first kappa shape index (κ1) is 18.9. The second-order valence-corrected chi connectivity index (χ2v) is 8.28. The second-order valence-electron chi connectivity index (χ2n) is 6.73. The number of amides is 1. The molecule has 3 aromatic carbocycles. The molecule has 0 aromatic heterocycles. The maximum atomic E-state index is 12.5. The second kappa shape index (κ2) is 7.87. The number of nitrogens with one attached hydrogen (secondary N) is 1. The summed E-state index contributed by atoms with van der Waals surface area (Å²) in [4.78, 5) is 12.5. The highest BCUT2D eigenvalue weighted by Gasteiger charge is 2.34. The zero-order valence-electron chi connectivity index (χ0n) is 15.3. The summed E-state index contributed by atoms with van der Waals surface area (Å²) in [7, 11) is 0. The van der Waals surface area contributed by atoms with E-state index >= 15 is 0 Å². The minimum absolute atomic E-state index is 0.339. The molecule has 142 valence electrons. The maximum Gasteiger partial charge on any atom is 0.296 e. The van der Waals surface area contributed by atoms with Gasteiger partial charge >= 0.3 is 0 Å². The molecule has 0 saturated heterocycles. The molecule has 0 saturated carbocycles. The number of aryl methyl sites for hydroxylation is 1. The Kier molecular flexibility index (Phi) is 5.31. The van der Waals surface area contributed by atoms with Gasteiger partial charge in [0.05, 0.1) is 12.1 Å². The summed E-state index contributed by atoms with van der Waals surface area (Å²) < 4.78 is 16.8. The van der Waals surface area contributed by atoms with E-state index in [0.717, 1.165) is 28.7 Å².